The molecule has 2 aromatic rings. The van der Waals surface area contributed by atoms with Crippen molar-refractivity contribution in [2.24, 2.45) is 0 Å². The lowest BCUT2D eigenvalue weighted by Gasteiger charge is -2.37. The molecule has 6 heteroatoms. The molecule has 1 N–H and O–H groups in total. The Labute approximate surface area is 184 Å². The number of hydrogen-bond donors (Lipinski definition) is 1. The Hall–Kier alpha value is -2.86. The number of para-hydroxylation sites is 1. The highest BCUT2D eigenvalue weighted by Gasteiger charge is 2.32. The van der Waals surface area contributed by atoms with Crippen molar-refractivity contribution in [3.8, 4) is 5.75 Å². The number of nitrogens with zero attached hydrogens (tertiary/aromatic N) is 1. The minimum absolute atomic E-state index is 0.118. The van der Waals surface area contributed by atoms with E-state index in [0.717, 1.165) is 37.0 Å². The van der Waals surface area contributed by atoms with E-state index >= 15 is 0 Å². The first-order chi connectivity index (χ1) is 15.1. The summed E-state index contributed by atoms with van der Waals surface area (Å²) in [6.07, 6.45) is 4.64. The van der Waals surface area contributed by atoms with Crippen molar-refractivity contribution in [1.82, 2.24) is 0 Å². The molecule has 0 radical (unpaired) electrons. The number of anilines is 1. The highest BCUT2D eigenvalue weighted by atomic mass is 16.5. The maximum absolute atomic E-state index is 13.3. The smallest absolute Gasteiger partial charge is 0.340 e. The monoisotopic (exact) mass is 425 g/mol. The van der Waals surface area contributed by atoms with Crippen molar-refractivity contribution >= 4 is 17.6 Å². The first-order valence-corrected chi connectivity index (χ1v) is 11.1. The summed E-state index contributed by atoms with van der Waals surface area (Å²) >= 11 is 0. The zero-order valence-electron chi connectivity index (χ0n) is 18.6. The van der Waals surface area contributed by atoms with Gasteiger partial charge < -0.3 is 19.3 Å². The van der Waals surface area contributed by atoms with Crippen LogP contribution in [0.3, 0.4) is 0 Å². The quantitative estimate of drug-likeness (QED) is 0.503. The number of hydrogen-bond acceptors (Lipinski definition) is 4. The van der Waals surface area contributed by atoms with Gasteiger partial charge in [0, 0.05) is 5.56 Å². The molecule has 0 bridgehead atoms. The zero-order valence-corrected chi connectivity index (χ0v) is 18.6. The van der Waals surface area contributed by atoms with Crippen LogP contribution in [-0.2, 0) is 16.1 Å². The van der Waals surface area contributed by atoms with Crippen LogP contribution in [-0.4, -0.2) is 49.7 Å². The summed E-state index contributed by atoms with van der Waals surface area (Å²) in [5, 5.41) is 2.97. The molecule has 6 nitrogen and oxygen atoms in total. The predicted molar refractivity (Wildman–Crippen MR) is 121 cm³/mol. The van der Waals surface area contributed by atoms with E-state index < -0.39 is 5.97 Å². The maximum atomic E-state index is 13.3. The lowest BCUT2D eigenvalue weighted by atomic mass is 10.1. The first-order valence-electron chi connectivity index (χ1n) is 11.1. The molecule has 1 aliphatic heterocycles. The summed E-state index contributed by atoms with van der Waals surface area (Å²) < 4.78 is 11.3. The van der Waals surface area contributed by atoms with Crippen molar-refractivity contribution < 1.29 is 23.5 Å². The molecule has 0 saturated carbocycles. The maximum Gasteiger partial charge on any atom is 0.340 e. The number of benzene rings is 2. The van der Waals surface area contributed by atoms with Crippen molar-refractivity contribution in [3.63, 3.8) is 0 Å². The summed E-state index contributed by atoms with van der Waals surface area (Å²) in [4.78, 5) is 25.7. The van der Waals surface area contributed by atoms with Gasteiger partial charge in [0.1, 0.15) is 12.3 Å². The van der Waals surface area contributed by atoms with Crippen LogP contribution in [0.4, 0.5) is 5.69 Å². The molecule has 3 rings (SSSR count). The van der Waals surface area contributed by atoms with Crippen LogP contribution >= 0.6 is 0 Å². The van der Waals surface area contributed by atoms with E-state index in [2.05, 4.69) is 17.4 Å². The van der Waals surface area contributed by atoms with Gasteiger partial charge in [0.25, 0.3) is 5.91 Å². The summed E-state index contributed by atoms with van der Waals surface area (Å²) in [7, 11) is 1.53. The number of carbonyl (C=O) groups is 2. The van der Waals surface area contributed by atoms with E-state index in [4.69, 9.17) is 9.47 Å². The van der Waals surface area contributed by atoms with Crippen LogP contribution in [0.25, 0.3) is 0 Å². The van der Waals surface area contributed by atoms with Gasteiger partial charge in [0.15, 0.2) is 6.54 Å². The SMILES string of the molecule is CCOC(=O)c1cccc(OC)c1NC(=O)C[N+]1(Cc2ccccc2)CCCCCC1. The lowest BCUT2D eigenvalue weighted by molar-refractivity contribution is -0.932. The Bertz CT molecular complexity index is 874. The van der Waals surface area contributed by atoms with Gasteiger partial charge in [-0.2, -0.15) is 0 Å². The molecule has 31 heavy (non-hydrogen) atoms. The Balaban J connectivity index is 1.83. The Morgan fingerprint density at radius 2 is 1.68 bits per heavy atom. The third-order valence-corrected chi connectivity index (χ3v) is 5.86. The molecule has 0 aromatic heterocycles. The van der Waals surface area contributed by atoms with Gasteiger partial charge in [-0.15, -0.1) is 0 Å². The molecule has 0 atom stereocenters. The molecule has 0 aliphatic carbocycles. The van der Waals surface area contributed by atoms with Crippen LogP contribution in [0.15, 0.2) is 48.5 Å². The number of likely N-dealkylation sites (tertiary alicyclic amines) is 1. The minimum Gasteiger partial charge on any atom is -0.495 e. The van der Waals surface area contributed by atoms with E-state index in [1.807, 2.05) is 18.2 Å². The number of amides is 1. The van der Waals surface area contributed by atoms with Crippen LogP contribution in [0.2, 0.25) is 0 Å². The van der Waals surface area contributed by atoms with Crippen molar-refractivity contribution in [2.45, 2.75) is 39.2 Å². The summed E-state index contributed by atoms with van der Waals surface area (Å²) in [5.74, 6) is -0.142. The average molecular weight is 426 g/mol. The molecular formula is C25H33N2O4+. The van der Waals surface area contributed by atoms with Gasteiger partial charge in [0.2, 0.25) is 0 Å². The molecule has 0 unspecified atom stereocenters. The molecule has 2 aromatic carbocycles. The fourth-order valence-electron chi connectivity index (χ4n) is 4.40. The Morgan fingerprint density at radius 1 is 0.968 bits per heavy atom. The Morgan fingerprint density at radius 3 is 2.32 bits per heavy atom. The van der Waals surface area contributed by atoms with E-state index in [1.54, 1.807) is 25.1 Å². The predicted octanol–water partition coefficient (Wildman–Crippen LogP) is 4.40. The van der Waals surface area contributed by atoms with Crippen molar-refractivity contribution in [3.05, 3.63) is 59.7 Å². The standard InChI is InChI=1S/C25H32N2O4/c1-3-31-25(29)21-14-11-15-22(30-2)24(21)26-23(28)19-27(16-9-4-5-10-17-27)18-20-12-7-6-8-13-20/h6-8,11-15H,3-5,9-10,16-19H2,1-2H3/p+1. The van der Waals surface area contributed by atoms with Gasteiger partial charge in [-0.3, -0.25) is 4.79 Å². The van der Waals surface area contributed by atoms with Gasteiger partial charge in [-0.1, -0.05) is 36.4 Å². The molecule has 0 spiro atoms. The average Bonchev–Trinajstić information content (AvgIpc) is 3.00. The largest absolute Gasteiger partial charge is 0.495 e. The highest BCUT2D eigenvalue weighted by Crippen LogP contribution is 2.30. The molecule has 1 amide bonds. The molecular weight excluding hydrogens is 392 g/mol. The number of quaternary nitrogens is 1. The minimum atomic E-state index is -0.473. The third-order valence-electron chi connectivity index (χ3n) is 5.86. The van der Waals surface area contributed by atoms with Crippen molar-refractivity contribution in [1.29, 1.82) is 0 Å². The van der Waals surface area contributed by atoms with E-state index in [1.165, 1.54) is 25.5 Å². The van der Waals surface area contributed by atoms with Crippen molar-refractivity contribution in [2.75, 3.05) is 38.7 Å². The first kappa shape index (κ1) is 22.8. The third kappa shape index (κ3) is 6.07. The second-order valence-electron chi connectivity index (χ2n) is 8.16. The number of ether oxygens (including phenoxy) is 2. The van der Waals surface area contributed by atoms with Gasteiger partial charge >= 0.3 is 5.97 Å². The topological polar surface area (TPSA) is 64.6 Å². The molecule has 1 aliphatic rings. The van der Waals surface area contributed by atoms with E-state index in [0.29, 0.717) is 23.5 Å². The van der Waals surface area contributed by atoms with E-state index in [9.17, 15) is 9.59 Å². The number of nitrogens with one attached hydrogen (secondary N) is 1. The van der Waals surface area contributed by atoms with Crippen LogP contribution in [0.5, 0.6) is 5.75 Å². The van der Waals surface area contributed by atoms with Gasteiger partial charge in [-0.05, 0) is 44.7 Å². The molecule has 1 saturated heterocycles. The number of rotatable bonds is 8. The van der Waals surface area contributed by atoms with Crippen LogP contribution < -0.4 is 10.1 Å². The second kappa shape index (κ2) is 11.0. The molecule has 166 valence electrons. The highest BCUT2D eigenvalue weighted by molar-refractivity contribution is 6.03. The number of esters is 1. The van der Waals surface area contributed by atoms with Gasteiger partial charge in [0.05, 0.1) is 38.1 Å². The molecule has 1 fully saturated rings. The lowest BCUT2D eigenvalue weighted by Crippen LogP contribution is -2.52. The normalized spacial score (nSPS) is 15.5. The summed E-state index contributed by atoms with van der Waals surface area (Å²) in [5.41, 5.74) is 1.92. The van der Waals surface area contributed by atoms with E-state index in [-0.39, 0.29) is 12.5 Å². The number of methoxy groups -OCH3 is 1. The van der Waals surface area contributed by atoms with Gasteiger partial charge in [-0.25, -0.2) is 4.79 Å². The Kier molecular flexibility index (Phi) is 8.06. The fourth-order valence-corrected chi connectivity index (χ4v) is 4.40. The fraction of sp³-hybridized carbons (Fsp3) is 0.440. The summed E-state index contributed by atoms with van der Waals surface area (Å²) in [6, 6.07) is 15.5. The second-order valence-corrected chi connectivity index (χ2v) is 8.16. The van der Waals surface area contributed by atoms with Crippen LogP contribution in [0.1, 0.15) is 48.5 Å². The van der Waals surface area contributed by atoms with Crippen LogP contribution in [0, 0.1) is 0 Å². The molecule has 1 heterocycles. The summed E-state index contributed by atoms with van der Waals surface area (Å²) in [6.45, 7) is 5.14. The number of carbonyl (C=O) groups excluding carboxylic acids is 2. The zero-order chi connectivity index (χ0) is 22.1.